The van der Waals surface area contributed by atoms with Crippen LogP contribution in [-0.4, -0.2) is 44.0 Å². The number of benzene rings is 1. The SMILES string of the molecule is COc1ccc(S(=O)(=O)N2C[C@H](C)C[C@@H](C)C2)cc1C(=O)O. The van der Waals surface area contributed by atoms with Gasteiger partial charge in [-0.3, -0.25) is 0 Å². The second-order valence-electron chi connectivity index (χ2n) is 5.94. The third-order valence-corrected chi connectivity index (χ3v) is 5.70. The smallest absolute Gasteiger partial charge is 0.339 e. The van der Waals surface area contributed by atoms with E-state index in [2.05, 4.69) is 0 Å². The van der Waals surface area contributed by atoms with E-state index in [0.29, 0.717) is 13.1 Å². The lowest BCUT2D eigenvalue weighted by Gasteiger charge is -2.34. The van der Waals surface area contributed by atoms with Crippen LogP contribution in [0.3, 0.4) is 0 Å². The Balaban J connectivity index is 2.41. The van der Waals surface area contributed by atoms with E-state index in [1.165, 1.54) is 29.6 Å². The summed E-state index contributed by atoms with van der Waals surface area (Å²) in [4.78, 5) is 11.2. The first-order valence-corrected chi connectivity index (χ1v) is 8.61. The molecule has 1 aliphatic rings. The predicted molar refractivity (Wildman–Crippen MR) is 81.7 cm³/mol. The molecule has 1 aromatic rings. The van der Waals surface area contributed by atoms with Gasteiger partial charge in [0, 0.05) is 13.1 Å². The number of carbonyl (C=O) groups is 1. The molecule has 0 amide bonds. The van der Waals surface area contributed by atoms with Gasteiger partial charge in [-0.05, 0) is 36.5 Å². The highest BCUT2D eigenvalue weighted by Gasteiger charge is 2.32. The molecule has 0 radical (unpaired) electrons. The number of hydrogen-bond acceptors (Lipinski definition) is 4. The number of methoxy groups -OCH3 is 1. The number of aromatic carboxylic acids is 1. The quantitative estimate of drug-likeness (QED) is 0.915. The summed E-state index contributed by atoms with van der Waals surface area (Å²) in [6, 6.07) is 3.94. The molecule has 0 spiro atoms. The van der Waals surface area contributed by atoms with Gasteiger partial charge in [-0.15, -0.1) is 0 Å². The van der Waals surface area contributed by atoms with E-state index in [1.54, 1.807) is 0 Å². The van der Waals surface area contributed by atoms with Crippen LogP contribution < -0.4 is 4.74 Å². The van der Waals surface area contributed by atoms with Crippen molar-refractivity contribution in [1.29, 1.82) is 0 Å². The first-order chi connectivity index (χ1) is 10.3. The number of carboxylic acids is 1. The molecule has 2 rings (SSSR count). The van der Waals surface area contributed by atoms with Gasteiger partial charge in [0.2, 0.25) is 10.0 Å². The second-order valence-corrected chi connectivity index (χ2v) is 7.87. The zero-order valence-corrected chi connectivity index (χ0v) is 13.8. The zero-order chi connectivity index (χ0) is 16.5. The number of hydrogen-bond donors (Lipinski definition) is 1. The number of ether oxygens (including phenoxy) is 1. The summed E-state index contributed by atoms with van der Waals surface area (Å²) < 4.78 is 31.9. The van der Waals surface area contributed by atoms with E-state index in [9.17, 15) is 18.3 Å². The van der Waals surface area contributed by atoms with E-state index in [4.69, 9.17) is 4.74 Å². The van der Waals surface area contributed by atoms with Crippen molar-refractivity contribution in [2.24, 2.45) is 11.8 Å². The topological polar surface area (TPSA) is 83.9 Å². The molecular weight excluding hydrogens is 306 g/mol. The van der Waals surface area contributed by atoms with Crippen molar-refractivity contribution in [1.82, 2.24) is 4.31 Å². The largest absolute Gasteiger partial charge is 0.496 e. The van der Waals surface area contributed by atoms with Gasteiger partial charge >= 0.3 is 5.97 Å². The molecular formula is C15H21NO5S. The number of rotatable bonds is 4. The van der Waals surface area contributed by atoms with Crippen LogP contribution in [0.5, 0.6) is 5.75 Å². The molecule has 0 aliphatic carbocycles. The highest BCUT2D eigenvalue weighted by atomic mass is 32.2. The van der Waals surface area contributed by atoms with Crippen LogP contribution in [0.1, 0.15) is 30.6 Å². The van der Waals surface area contributed by atoms with E-state index in [0.717, 1.165) is 6.42 Å². The number of piperidine rings is 1. The highest BCUT2D eigenvalue weighted by Crippen LogP contribution is 2.29. The van der Waals surface area contributed by atoms with Gasteiger partial charge in [-0.1, -0.05) is 13.8 Å². The monoisotopic (exact) mass is 327 g/mol. The van der Waals surface area contributed by atoms with E-state index >= 15 is 0 Å². The molecule has 122 valence electrons. The third-order valence-electron chi connectivity index (χ3n) is 3.87. The fraction of sp³-hybridized carbons (Fsp3) is 0.533. The Labute approximate surface area is 130 Å². The second kappa shape index (κ2) is 6.26. The minimum atomic E-state index is -3.69. The standard InChI is InChI=1S/C15H21NO5S/c1-10-6-11(2)9-16(8-10)22(19,20)12-4-5-14(21-3)13(7-12)15(17)18/h4-5,7,10-11H,6,8-9H2,1-3H3,(H,17,18)/t10-,11-/m1/s1. The van der Waals surface area contributed by atoms with Crippen LogP contribution in [0, 0.1) is 11.8 Å². The molecule has 0 bridgehead atoms. The molecule has 1 N–H and O–H groups in total. The maximum Gasteiger partial charge on any atom is 0.339 e. The van der Waals surface area contributed by atoms with Gasteiger partial charge in [0.05, 0.1) is 12.0 Å². The Morgan fingerprint density at radius 2 is 1.86 bits per heavy atom. The average Bonchev–Trinajstić information content (AvgIpc) is 2.45. The average molecular weight is 327 g/mol. The van der Waals surface area contributed by atoms with Crippen LogP contribution in [0.4, 0.5) is 0 Å². The Hall–Kier alpha value is -1.60. The van der Waals surface area contributed by atoms with Crippen LogP contribution in [0.25, 0.3) is 0 Å². The van der Waals surface area contributed by atoms with Crippen molar-refractivity contribution >= 4 is 16.0 Å². The van der Waals surface area contributed by atoms with Crippen LogP contribution >= 0.6 is 0 Å². The van der Waals surface area contributed by atoms with E-state index < -0.39 is 16.0 Å². The van der Waals surface area contributed by atoms with Crippen LogP contribution in [-0.2, 0) is 10.0 Å². The minimum absolute atomic E-state index is 0.00741. The van der Waals surface area contributed by atoms with Gasteiger partial charge in [-0.2, -0.15) is 4.31 Å². The molecule has 2 atom stereocenters. The summed E-state index contributed by atoms with van der Waals surface area (Å²) in [5.74, 6) is -0.493. The molecule has 1 aliphatic heterocycles. The molecule has 1 aromatic carbocycles. The molecule has 0 aromatic heterocycles. The Bertz CT molecular complexity index is 661. The Morgan fingerprint density at radius 3 is 2.36 bits per heavy atom. The summed E-state index contributed by atoms with van der Waals surface area (Å²) in [7, 11) is -2.34. The van der Waals surface area contributed by atoms with Gasteiger partial charge in [-0.25, -0.2) is 13.2 Å². The van der Waals surface area contributed by atoms with Crippen molar-refractivity contribution in [2.75, 3.05) is 20.2 Å². The Morgan fingerprint density at radius 1 is 1.27 bits per heavy atom. The van der Waals surface area contributed by atoms with Gasteiger partial charge in [0.15, 0.2) is 0 Å². The van der Waals surface area contributed by atoms with Crippen molar-refractivity contribution in [3.8, 4) is 5.75 Å². The van der Waals surface area contributed by atoms with Crippen LogP contribution in [0.15, 0.2) is 23.1 Å². The fourth-order valence-corrected chi connectivity index (χ4v) is 4.67. The maximum atomic E-state index is 12.7. The molecule has 0 saturated carbocycles. The lowest BCUT2D eigenvalue weighted by Crippen LogP contribution is -2.42. The molecule has 7 heteroatoms. The summed E-state index contributed by atoms with van der Waals surface area (Å²) in [5, 5.41) is 9.19. The lowest BCUT2D eigenvalue weighted by molar-refractivity contribution is 0.0693. The summed E-state index contributed by atoms with van der Waals surface area (Å²) in [6.45, 7) is 4.96. The predicted octanol–water partition coefficient (Wildman–Crippen LogP) is 2.06. The molecule has 22 heavy (non-hydrogen) atoms. The number of sulfonamides is 1. The molecule has 1 fully saturated rings. The van der Waals surface area contributed by atoms with Gasteiger partial charge in [0.1, 0.15) is 11.3 Å². The van der Waals surface area contributed by atoms with Crippen LogP contribution in [0.2, 0.25) is 0 Å². The zero-order valence-electron chi connectivity index (χ0n) is 12.9. The summed E-state index contributed by atoms with van der Waals surface area (Å²) >= 11 is 0. The molecule has 1 saturated heterocycles. The molecule has 0 unspecified atom stereocenters. The molecule has 6 nitrogen and oxygen atoms in total. The highest BCUT2D eigenvalue weighted by molar-refractivity contribution is 7.89. The van der Waals surface area contributed by atoms with Crippen molar-refractivity contribution in [2.45, 2.75) is 25.2 Å². The Kier molecular flexibility index (Phi) is 4.77. The van der Waals surface area contributed by atoms with Crippen molar-refractivity contribution in [3.05, 3.63) is 23.8 Å². The minimum Gasteiger partial charge on any atom is -0.496 e. The number of nitrogens with zero attached hydrogens (tertiary/aromatic N) is 1. The number of carboxylic acid groups (broad SMARTS) is 1. The third kappa shape index (κ3) is 3.25. The normalized spacial score (nSPS) is 23.2. The van der Waals surface area contributed by atoms with Crippen molar-refractivity contribution < 1.29 is 23.1 Å². The van der Waals surface area contributed by atoms with E-state index in [1.807, 2.05) is 13.8 Å². The van der Waals surface area contributed by atoms with Crippen molar-refractivity contribution in [3.63, 3.8) is 0 Å². The summed E-state index contributed by atoms with van der Waals surface area (Å²) in [6.07, 6.45) is 0.995. The molecule has 1 heterocycles. The van der Waals surface area contributed by atoms with E-state index in [-0.39, 0.29) is 28.0 Å². The van der Waals surface area contributed by atoms with Gasteiger partial charge in [0.25, 0.3) is 0 Å². The maximum absolute atomic E-state index is 12.7. The first kappa shape index (κ1) is 16.8. The first-order valence-electron chi connectivity index (χ1n) is 7.17. The fourth-order valence-electron chi connectivity index (χ4n) is 2.97. The van der Waals surface area contributed by atoms with Gasteiger partial charge < -0.3 is 9.84 Å². The summed E-state index contributed by atoms with van der Waals surface area (Å²) in [5.41, 5.74) is -0.151. The lowest BCUT2D eigenvalue weighted by atomic mass is 9.94.